The third kappa shape index (κ3) is 5.29. The summed E-state index contributed by atoms with van der Waals surface area (Å²) in [5.74, 6) is 0.370. The van der Waals surface area contributed by atoms with Crippen LogP contribution in [0.15, 0.2) is 47.1 Å². The molecule has 0 atom stereocenters. The van der Waals surface area contributed by atoms with E-state index in [-0.39, 0.29) is 11.8 Å². The van der Waals surface area contributed by atoms with Gasteiger partial charge >= 0.3 is 0 Å². The Morgan fingerprint density at radius 1 is 1.09 bits per heavy atom. The standard InChI is InChI=1S/C18H22N2O3/c1-2-3-4-11-17(21)20-16-10-6-5-9-15(16)18(22)19-13-14-8-7-12-23-14/h5-10,12H,2-4,11,13H2,1H3,(H,19,22)(H,20,21). The van der Waals surface area contributed by atoms with Gasteiger partial charge in [-0.3, -0.25) is 9.59 Å². The first-order valence-corrected chi connectivity index (χ1v) is 7.90. The molecule has 0 bridgehead atoms. The Bertz CT molecular complexity index is 635. The monoisotopic (exact) mass is 314 g/mol. The van der Waals surface area contributed by atoms with Crippen LogP contribution in [0.3, 0.4) is 0 Å². The zero-order chi connectivity index (χ0) is 16.5. The van der Waals surface area contributed by atoms with Crippen LogP contribution >= 0.6 is 0 Å². The molecule has 0 aliphatic heterocycles. The summed E-state index contributed by atoms with van der Waals surface area (Å²) in [4.78, 5) is 24.2. The van der Waals surface area contributed by atoms with Gasteiger partial charge in [0.1, 0.15) is 5.76 Å². The second-order valence-corrected chi connectivity index (χ2v) is 5.31. The summed E-state index contributed by atoms with van der Waals surface area (Å²) in [7, 11) is 0. The first-order valence-electron chi connectivity index (χ1n) is 7.90. The fourth-order valence-corrected chi connectivity index (χ4v) is 2.21. The average molecular weight is 314 g/mol. The molecule has 2 amide bonds. The van der Waals surface area contributed by atoms with Crippen molar-refractivity contribution in [2.75, 3.05) is 5.32 Å². The number of unbranched alkanes of at least 4 members (excludes halogenated alkanes) is 2. The number of anilines is 1. The number of rotatable bonds is 8. The summed E-state index contributed by atoms with van der Waals surface area (Å²) in [5.41, 5.74) is 0.980. The van der Waals surface area contributed by atoms with E-state index in [4.69, 9.17) is 4.42 Å². The van der Waals surface area contributed by atoms with E-state index in [1.807, 2.05) is 0 Å². The van der Waals surface area contributed by atoms with Crippen molar-refractivity contribution in [3.63, 3.8) is 0 Å². The summed E-state index contributed by atoms with van der Waals surface area (Å²) in [6.45, 7) is 2.40. The van der Waals surface area contributed by atoms with Crippen molar-refractivity contribution < 1.29 is 14.0 Å². The molecule has 0 spiro atoms. The SMILES string of the molecule is CCCCCC(=O)Nc1ccccc1C(=O)NCc1ccco1. The second kappa shape index (κ2) is 8.78. The fourth-order valence-electron chi connectivity index (χ4n) is 2.21. The molecule has 0 radical (unpaired) electrons. The molecular weight excluding hydrogens is 292 g/mol. The average Bonchev–Trinajstić information content (AvgIpc) is 3.07. The minimum absolute atomic E-state index is 0.0651. The zero-order valence-corrected chi connectivity index (χ0v) is 13.3. The lowest BCUT2D eigenvalue weighted by Gasteiger charge is -2.11. The van der Waals surface area contributed by atoms with Gasteiger partial charge in [-0.15, -0.1) is 0 Å². The molecular formula is C18H22N2O3. The Labute approximate surface area is 136 Å². The van der Waals surface area contributed by atoms with Crippen LogP contribution in [0, 0.1) is 0 Å². The number of amides is 2. The maximum absolute atomic E-state index is 12.3. The molecule has 1 aromatic carbocycles. The van der Waals surface area contributed by atoms with Crippen molar-refractivity contribution in [2.45, 2.75) is 39.2 Å². The van der Waals surface area contributed by atoms with E-state index in [0.717, 1.165) is 19.3 Å². The number of carbonyl (C=O) groups is 2. The molecule has 0 aliphatic carbocycles. The quantitative estimate of drug-likeness (QED) is 0.729. The molecule has 23 heavy (non-hydrogen) atoms. The van der Waals surface area contributed by atoms with E-state index in [2.05, 4.69) is 17.6 Å². The van der Waals surface area contributed by atoms with Gasteiger partial charge in [0.05, 0.1) is 24.1 Å². The Hall–Kier alpha value is -2.56. The highest BCUT2D eigenvalue weighted by Crippen LogP contribution is 2.16. The van der Waals surface area contributed by atoms with Crippen LogP contribution in [0.5, 0.6) is 0 Å². The molecule has 1 heterocycles. The normalized spacial score (nSPS) is 10.3. The maximum Gasteiger partial charge on any atom is 0.253 e. The van der Waals surface area contributed by atoms with Crippen LogP contribution in [-0.2, 0) is 11.3 Å². The highest BCUT2D eigenvalue weighted by atomic mass is 16.3. The van der Waals surface area contributed by atoms with Crippen LogP contribution in [-0.4, -0.2) is 11.8 Å². The molecule has 5 nitrogen and oxygen atoms in total. The number of hydrogen-bond acceptors (Lipinski definition) is 3. The number of benzene rings is 1. The van der Waals surface area contributed by atoms with Crippen molar-refractivity contribution in [3.8, 4) is 0 Å². The van der Waals surface area contributed by atoms with Crippen molar-refractivity contribution in [1.29, 1.82) is 0 Å². The molecule has 5 heteroatoms. The summed E-state index contributed by atoms with van der Waals surface area (Å²) in [6, 6.07) is 10.6. The molecule has 0 saturated carbocycles. The van der Waals surface area contributed by atoms with Crippen LogP contribution < -0.4 is 10.6 Å². The first-order chi connectivity index (χ1) is 11.2. The lowest BCUT2D eigenvalue weighted by molar-refractivity contribution is -0.116. The van der Waals surface area contributed by atoms with Gasteiger partial charge in [-0.2, -0.15) is 0 Å². The molecule has 2 aromatic rings. The van der Waals surface area contributed by atoms with E-state index < -0.39 is 0 Å². The van der Waals surface area contributed by atoms with Crippen LogP contribution in [0.25, 0.3) is 0 Å². The van der Waals surface area contributed by atoms with Crippen LogP contribution in [0.1, 0.15) is 48.7 Å². The number of nitrogens with one attached hydrogen (secondary N) is 2. The highest BCUT2D eigenvalue weighted by Gasteiger charge is 2.13. The molecule has 0 fully saturated rings. The van der Waals surface area contributed by atoms with Gasteiger partial charge in [-0.25, -0.2) is 0 Å². The molecule has 0 aliphatic rings. The van der Waals surface area contributed by atoms with E-state index in [1.165, 1.54) is 0 Å². The highest BCUT2D eigenvalue weighted by molar-refractivity contribution is 6.03. The number of furan rings is 1. The number of para-hydroxylation sites is 1. The summed E-state index contributed by atoms with van der Waals surface area (Å²) in [5, 5.41) is 5.60. The van der Waals surface area contributed by atoms with Gasteiger partial charge in [0.15, 0.2) is 0 Å². The Kier molecular flexibility index (Phi) is 6.41. The minimum atomic E-state index is -0.245. The lowest BCUT2D eigenvalue weighted by atomic mass is 10.1. The largest absolute Gasteiger partial charge is 0.467 e. The van der Waals surface area contributed by atoms with Gasteiger partial charge < -0.3 is 15.1 Å². The summed E-state index contributed by atoms with van der Waals surface area (Å²) in [6.07, 6.45) is 4.98. The van der Waals surface area contributed by atoms with Crippen molar-refractivity contribution in [2.24, 2.45) is 0 Å². The first kappa shape index (κ1) is 16.8. The molecule has 2 rings (SSSR count). The lowest BCUT2D eigenvalue weighted by Crippen LogP contribution is -2.24. The van der Waals surface area contributed by atoms with Crippen molar-refractivity contribution >= 4 is 17.5 Å². The third-order valence-corrected chi connectivity index (χ3v) is 3.46. The van der Waals surface area contributed by atoms with Crippen LogP contribution in [0.2, 0.25) is 0 Å². The fraction of sp³-hybridized carbons (Fsp3) is 0.333. The zero-order valence-electron chi connectivity index (χ0n) is 13.3. The molecule has 122 valence electrons. The van der Waals surface area contributed by atoms with E-state index in [0.29, 0.717) is 30.0 Å². The van der Waals surface area contributed by atoms with E-state index >= 15 is 0 Å². The van der Waals surface area contributed by atoms with Gasteiger partial charge in [0.2, 0.25) is 5.91 Å². The predicted octanol–water partition coefficient (Wildman–Crippen LogP) is 3.73. The van der Waals surface area contributed by atoms with Crippen molar-refractivity contribution in [1.82, 2.24) is 5.32 Å². The topological polar surface area (TPSA) is 71.3 Å². The third-order valence-electron chi connectivity index (χ3n) is 3.46. The van der Waals surface area contributed by atoms with Gasteiger partial charge in [0, 0.05) is 6.42 Å². The Morgan fingerprint density at radius 2 is 1.91 bits per heavy atom. The second-order valence-electron chi connectivity index (χ2n) is 5.31. The van der Waals surface area contributed by atoms with E-state index in [1.54, 1.807) is 42.7 Å². The molecule has 0 unspecified atom stereocenters. The molecule has 0 saturated heterocycles. The minimum Gasteiger partial charge on any atom is -0.467 e. The van der Waals surface area contributed by atoms with E-state index in [9.17, 15) is 9.59 Å². The summed E-state index contributed by atoms with van der Waals surface area (Å²) >= 11 is 0. The van der Waals surface area contributed by atoms with Gasteiger partial charge in [-0.05, 0) is 30.7 Å². The Morgan fingerprint density at radius 3 is 2.65 bits per heavy atom. The Balaban J connectivity index is 1.96. The smallest absolute Gasteiger partial charge is 0.253 e. The van der Waals surface area contributed by atoms with Crippen LogP contribution in [0.4, 0.5) is 5.69 Å². The maximum atomic E-state index is 12.3. The van der Waals surface area contributed by atoms with Crippen molar-refractivity contribution in [3.05, 3.63) is 54.0 Å². The number of hydrogen-bond donors (Lipinski definition) is 2. The number of carbonyl (C=O) groups excluding carboxylic acids is 2. The van der Waals surface area contributed by atoms with Gasteiger partial charge in [-0.1, -0.05) is 31.9 Å². The summed E-state index contributed by atoms with van der Waals surface area (Å²) < 4.78 is 5.19. The predicted molar refractivity (Wildman–Crippen MR) is 89.1 cm³/mol. The van der Waals surface area contributed by atoms with Gasteiger partial charge in [0.25, 0.3) is 5.91 Å². The molecule has 2 N–H and O–H groups in total. The molecule has 1 aromatic heterocycles.